The zero-order chi connectivity index (χ0) is 15.1. The molecule has 0 aromatic heterocycles. The van der Waals surface area contributed by atoms with Gasteiger partial charge in [-0.05, 0) is 31.5 Å². The van der Waals surface area contributed by atoms with Crippen LogP contribution in [0.3, 0.4) is 0 Å². The lowest BCUT2D eigenvalue weighted by Crippen LogP contribution is -2.43. The molecule has 6 heteroatoms. The Kier molecular flexibility index (Phi) is 6.75. The van der Waals surface area contributed by atoms with E-state index in [0.717, 1.165) is 6.42 Å². The Morgan fingerprint density at radius 2 is 2.25 bits per heavy atom. The fourth-order valence-corrected chi connectivity index (χ4v) is 2.04. The molecule has 4 nitrogen and oxygen atoms in total. The Morgan fingerprint density at radius 3 is 2.80 bits per heavy atom. The van der Waals surface area contributed by atoms with Crippen molar-refractivity contribution in [2.75, 3.05) is 0 Å². The second-order valence-corrected chi connectivity index (χ2v) is 5.46. The highest BCUT2D eigenvalue weighted by molar-refractivity contribution is 7.80. The van der Waals surface area contributed by atoms with Crippen LogP contribution in [0, 0.1) is 0 Å². The number of carbonyl (C=O) groups excluding carboxylic acids is 1. The molecule has 0 radical (unpaired) electrons. The highest BCUT2D eigenvalue weighted by Crippen LogP contribution is 2.18. The number of benzene rings is 1. The first kappa shape index (κ1) is 16.7. The minimum atomic E-state index is -0.617. The average Bonchev–Trinajstić information content (AvgIpc) is 2.37. The van der Waals surface area contributed by atoms with Gasteiger partial charge in [0.25, 0.3) is 5.91 Å². The van der Waals surface area contributed by atoms with Crippen molar-refractivity contribution < 1.29 is 9.53 Å². The normalized spacial score (nSPS) is 13.3. The van der Waals surface area contributed by atoms with Gasteiger partial charge in [0.05, 0.1) is 4.99 Å². The Labute approximate surface area is 129 Å². The van der Waals surface area contributed by atoms with Crippen LogP contribution >= 0.6 is 23.8 Å². The monoisotopic (exact) mass is 314 g/mol. The van der Waals surface area contributed by atoms with Gasteiger partial charge in [0.2, 0.25) is 0 Å². The summed E-state index contributed by atoms with van der Waals surface area (Å²) in [6, 6.07) is 6.86. The Hall–Kier alpha value is -1.33. The summed E-state index contributed by atoms with van der Waals surface area (Å²) in [5.74, 6) is 0.357. The van der Waals surface area contributed by atoms with Crippen LogP contribution in [-0.2, 0) is 4.79 Å². The van der Waals surface area contributed by atoms with E-state index >= 15 is 0 Å². The maximum atomic E-state index is 12.0. The van der Waals surface area contributed by atoms with Crippen LogP contribution in [0.4, 0.5) is 0 Å². The first-order chi connectivity index (χ1) is 9.42. The maximum Gasteiger partial charge on any atom is 0.261 e. The summed E-state index contributed by atoms with van der Waals surface area (Å²) in [6.45, 7) is 3.65. The summed E-state index contributed by atoms with van der Waals surface area (Å²) < 4.78 is 5.55. The highest BCUT2D eigenvalue weighted by Gasteiger charge is 2.18. The molecule has 2 atom stereocenters. The van der Waals surface area contributed by atoms with E-state index in [9.17, 15) is 4.79 Å². The number of hydrogen-bond acceptors (Lipinski definition) is 3. The fourth-order valence-electron chi connectivity index (χ4n) is 1.66. The number of rotatable bonds is 7. The summed E-state index contributed by atoms with van der Waals surface area (Å²) >= 11 is 10.7. The second-order valence-electron chi connectivity index (χ2n) is 4.50. The molecule has 1 rings (SSSR count). The molecule has 0 bridgehead atoms. The number of halogens is 1. The van der Waals surface area contributed by atoms with Gasteiger partial charge in [0.1, 0.15) is 5.75 Å². The molecule has 0 aliphatic heterocycles. The van der Waals surface area contributed by atoms with Crippen LogP contribution in [0.25, 0.3) is 0 Å². The minimum absolute atomic E-state index is 0.0644. The SMILES string of the molecule is CCC(CC(N)=S)NC(=O)C(C)Oc1cccc(Cl)c1. The first-order valence-electron chi connectivity index (χ1n) is 6.43. The molecule has 110 valence electrons. The largest absolute Gasteiger partial charge is 0.481 e. The third-order valence-electron chi connectivity index (χ3n) is 2.76. The van der Waals surface area contributed by atoms with Crippen LogP contribution in [0.15, 0.2) is 24.3 Å². The third kappa shape index (κ3) is 5.75. The standard InChI is InChI=1S/C14H19ClN2O2S/c1-3-11(8-13(16)20)17-14(18)9(2)19-12-6-4-5-10(15)7-12/h4-7,9,11H,3,8H2,1-2H3,(H2,16,20)(H,17,18). The van der Waals surface area contributed by atoms with Crippen LogP contribution in [0.1, 0.15) is 26.7 Å². The summed E-state index contributed by atoms with van der Waals surface area (Å²) in [5, 5.41) is 3.43. The molecule has 0 spiro atoms. The molecule has 0 fully saturated rings. The zero-order valence-electron chi connectivity index (χ0n) is 11.6. The van der Waals surface area contributed by atoms with Gasteiger partial charge in [-0.3, -0.25) is 4.79 Å². The van der Waals surface area contributed by atoms with Crippen molar-refractivity contribution in [3.63, 3.8) is 0 Å². The first-order valence-corrected chi connectivity index (χ1v) is 7.22. The van der Waals surface area contributed by atoms with Crippen LogP contribution < -0.4 is 15.8 Å². The van der Waals surface area contributed by atoms with Gasteiger partial charge in [-0.25, -0.2) is 0 Å². The number of nitrogens with one attached hydrogen (secondary N) is 1. The number of nitrogens with two attached hydrogens (primary N) is 1. The van der Waals surface area contributed by atoms with Crippen molar-refractivity contribution in [2.45, 2.75) is 38.8 Å². The van der Waals surface area contributed by atoms with Gasteiger partial charge < -0.3 is 15.8 Å². The Morgan fingerprint density at radius 1 is 1.55 bits per heavy atom. The van der Waals surface area contributed by atoms with E-state index < -0.39 is 6.10 Å². The van der Waals surface area contributed by atoms with Crippen LogP contribution in [0.5, 0.6) is 5.75 Å². The highest BCUT2D eigenvalue weighted by atomic mass is 35.5. The van der Waals surface area contributed by atoms with Gasteiger partial charge in [0, 0.05) is 17.5 Å². The second kappa shape index (κ2) is 8.07. The Bertz CT molecular complexity index is 482. The zero-order valence-corrected chi connectivity index (χ0v) is 13.1. The molecule has 1 amide bonds. The lowest BCUT2D eigenvalue weighted by Gasteiger charge is -2.20. The molecule has 3 N–H and O–H groups in total. The van der Waals surface area contributed by atoms with Crippen LogP contribution in [0.2, 0.25) is 5.02 Å². The lowest BCUT2D eigenvalue weighted by atomic mass is 10.1. The van der Waals surface area contributed by atoms with E-state index in [1.165, 1.54) is 0 Å². The number of ether oxygens (including phenoxy) is 1. The summed E-state index contributed by atoms with van der Waals surface area (Å²) in [4.78, 5) is 12.4. The van der Waals surface area contributed by atoms with E-state index in [4.69, 9.17) is 34.3 Å². The average molecular weight is 315 g/mol. The predicted molar refractivity (Wildman–Crippen MR) is 85.2 cm³/mol. The minimum Gasteiger partial charge on any atom is -0.481 e. The van der Waals surface area contributed by atoms with E-state index in [1.807, 2.05) is 6.92 Å². The van der Waals surface area contributed by atoms with Crippen molar-refractivity contribution in [1.29, 1.82) is 0 Å². The molecule has 0 heterocycles. The lowest BCUT2D eigenvalue weighted by molar-refractivity contribution is -0.128. The van der Waals surface area contributed by atoms with Gasteiger partial charge >= 0.3 is 0 Å². The van der Waals surface area contributed by atoms with Gasteiger partial charge in [-0.15, -0.1) is 0 Å². The number of amides is 1. The van der Waals surface area contributed by atoms with Crippen molar-refractivity contribution >= 4 is 34.7 Å². The third-order valence-corrected chi connectivity index (χ3v) is 3.17. The molecule has 0 aliphatic rings. The number of carbonyl (C=O) groups is 1. The van der Waals surface area contributed by atoms with Gasteiger partial charge in [-0.2, -0.15) is 0 Å². The van der Waals surface area contributed by atoms with Crippen molar-refractivity contribution in [3.05, 3.63) is 29.3 Å². The smallest absolute Gasteiger partial charge is 0.261 e. The van der Waals surface area contributed by atoms with Gasteiger partial charge in [0.15, 0.2) is 6.10 Å². The Balaban J connectivity index is 2.56. The molecule has 0 saturated heterocycles. The van der Waals surface area contributed by atoms with Crippen LogP contribution in [-0.4, -0.2) is 23.0 Å². The molecule has 2 unspecified atom stereocenters. The van der Waals surface area contributed by atoms with Crippen molar-refractivity contribution in [3.8, 4) is 5.75 Å². The fraction of sp³-hybridized carbons (Fsp3) is 0.429. The molecule has 1 aromatic rings. The van der Waals surface area contributed by atoms with E-state index in [0.29, 0.717) is 22.2 Å². The quantitative estimate of drug-likeness (QED) is 0.760. The van der Waals surface area contributed by atoms with Crippen molar-refractivity contribution in [2.24, 2.45) is 5.73 Å². The molecular weight excluding hydrogens is 296 g/mol. The molecule has 20 heavy (non-hydrogen) atoms. The van der Waals surface area contributed by atoms with E-state index in [1.54, 1.807) is 31.2 Å². The summed E-state index contributed by atoms with van der Waals surface area (Å²) in [5.41, 5.74) is 5.50. The maximum absolute atomic E-state index is 12.0. The van der Waals surface area contributed by atoms with Crippen molar-refractivity contribution in [1.82, 2.24) is 5.32 Å². The predicted octanol–water partition coefficient (Wildman–Crippen LogP) is 2.68. The van der Waals surface area contributed by atoms with E-state index in [2.05, 4.69) is 5.32 Å². The molecule has 0 saturated carbocycles. The molecule has 1 aromatic carbocycles. The summed E-state index contributed by atoms with van der Waals surface area (Å²) in [7, 11) is 0. The topological polar surface area (TPSA) is 64.3 Å². The number of hydrogen-bond donors (Lipinski definition) is 2. The van der Waals surface area contributed by atoms with E-state index in [-0.39, 0.29) is 11.9 Å². The summed E-state index contributed by atoms with van der Waals surface area (Å²) in [6.07, 6.45) is 0.628. The number of thiocarbonyl (C=S) groups is 1. The molecular formula is C14H19ClN2O2S. The molecule has 0 aliphatic carbocycles. The van der Waals surface area contributed by atoms with Gasteiger partial charge in [-0.1, -0.05) is 36.8 Å².